The van der Waals surface area contributed by atoms with Gasteiger partial charge in [-0.05, 0) is 0 Å². The molecule has 0 heterocycles. The van der Waals surface area contributed by atoms with Crippen molar-refractivity contribution in [1.29, 1.82) is 0 Å². The summed E-state index contributed by atoms with van der Waals surface area (Å²) < 4.78 is 8.03. The smallest absolute Gasteiger partial charge is 0.147 e. The second-order valence-electron chi connectivity index (χ2n) is 10.1. The van der Waals surface area contributed by atoms with Crippen molar-refractivity contribution in [2.45, 2.75) is 68.1 Å². The van der Waals surface area contributed by atoms with Crippen molar-refractivity contribution >= 4 is 28.5 Å². The minimum absolute atomic E-state index is 0. The molecule has 0 aliphatic heterocycles. The SMILES string of the molecule is CC(C)C1=C(C(C)C)C[C]([Zr]([CH3])(=[CH]c2ccccc2)[CH]2C=CC3=C2CCCC3)=C1.Cl.Cl. The molecule has 0 saturated heterocycles. The van der Waals surface area contributed by atoms with Crippen LogP contribution in [0.1, 0.15) is 65.4 Å². The van der Waals surface area contributed by atoms with Crippen LogP contribution < -0.4 is 0 Å². The first-order valence-electron chi connectivity index (χ1n) is 11.6. The van der Waals surface area contributed by atoms with Gasteiger partial charge in [0.1, 0.15) is 0 Å². The Morgan fingerprint density at radius 1 is 0.935 bits per heavy atom. The third-order valence-corrected chi connectivity index (χ3v) is 18.4. The van der Waals surface area contributed by atoms with Gasteiger partial charge in [-0.1, -0.05) is 0 Å². The summed E-state index contributed by atoms with van der Waals surface area (Å²) in [6.07, 6.45) is 14.4. The van der Waals surface area contributed by atoms with E-state index in [1.54, 1.807) is 16.7 Å². The van der Waals surface area contributed by atoms with E-state index in [1.807, 2.05) is 8.85 Å². The number of hydrogen-bond donors (Lipinski definition) is 0. The van der Waals surface area contributed by atoms with Crippen molar-refractivity contribution in [3.63, 3.8) is 0 Å². The van der Waals surface area contributed by atoms with Gasteiger partial charge in [0.05, 0.1) is 0 Å². The topological polar surface area (TPSA) is 0 Å². The molecule has 0 aromatic heterocycles. The zero-order valence-corrected chi connectivity index (χ0v) is 23.9. The molecule has 4 rings (SSSR count). The third kappa shape index (κ3) is 5.37. The summed E-state index contributed by atoms with van der Waals surface area (Å²) in [5.41, 5.74) is 8.28. The second kappa shape index (κ2) is 11.1. The molecule has 3 aliphatic rings. The van der Waals surface area contributed by atoms with Crippen molar-refractivity contribution in [2.75, 3.05) is 0 Å². The van der Waals surface area contributed by atoms with Gasteiger partial charge in [0, 0.05) is 0 Å². The fraction of sp³-hybridized carbons (Fsp3) is 0.464. The molecule has 169 valence electrons. The molecular formula is C28H39Cl2Zr. The molecule has 3 aliphatic carbocycles. The molecule has 1 aromatic rings. The Kier molecular flexibility index (Phi) is 9.57. The summed E-state index contributed by atoms with van der Waals surface area (Å²) in [6, 6.07) is 11.2. The number of hydrogen-bond acceptors (Lipinski definition) is 0. The molecule has 3 heteroatoms. The summed E-state index contributed by atoms with van der Waals surface area (Å²) in [5.74, 6) is 1.28. The van der Waals surface area contributed by atoms with Gasteiger partial charge in [-0.25, -0.2) is 0 Å². The minimum atomic E-state index is -2.82. The normalized spacial score (nSPS) is 22.2. The summed E-state index contributed by atoms with van der Waals surface area (Å²) in [6.45, 7) is 9.53. The van der Waals surface area contributed by atoms with Gasteiger partial charge in [0.2, 0.25) is 0 Å². The van der Waals surface area contributed by atoms with Crippen LogP contribution in [0.3, 0.4) is 0 Å². The average molecular weight is 538 g/mol. The maximum Gasteiger partial charge on any atom is -0.147 e. The van der Waals surface area contributed by atoms with Gasteiger partial charge in [0.25, 0.3) is 0 Å². The zero-order valence-electron chi connectivity index (χ0n) is 19.8. The maximum absolute atomic E-state index is 2.82. The standard InChI is InChI=1S/C11H17.C9H11.C7H6.CH3.2ClH.Zr/c1-8(2)10-6-5-7-11(10)9(3)4;1-2-5-9-7-3-6-8(9)4-1;1-7-5-3-2-4-6-7;;;;/h6,8-9H,7H2,1-4H3;3,6-7H,1-2,4-5H2;1-6H;1H3;2*1H;. The van der Waals surface area contributed by atoms with Crippen LogP contribution in [0.25, 0.3) is 0 Å². The molecule has 31 heavy (non-hydrogen) atoms. The van der Waals surface area contributed by atoms with Crippen LogP contribution >= 0.6 is 24.8 Å². The largest absolute Gasteiger partial charge is 0.147 e. The molecule has 0 amide bonds. The monoisotopic (exact) mass is 535 g/mol. The van der Waals surface area contributed by atoms with Crippen molar-refractivity contribution in [3.8, 4) is 0 Å². The molecule has 1 aromatic carbocycles. The molecule has 2 atom stereocenters. The Bertz CT molecular complexity index is 958. The average Bonchev–Trinajstić information content (AvgIpc) is 3.34. The molecule has 0 nitrogen and oxygen atoms in total. The molecule has 2 unspecified atom stereocenters. The Morgan fingerprint density at radius 3 is 2.23 bits per heavy atom. The molecule has 0 radical (unpaired) electrons. The van der Waals surface area contributed by atoms with E-state index in [2.05, 4.69) is 84.6 Å². The first-order valence-corrected chi connectivity index (χ1v) is 18.2. The molecule has 0 spiro atoms. The number of benzene rings is 1. The van der Waals surface area contributed by atoms with Crippen LogP contribution in [0.5, 0.6) is 0 Å². The second-order valence-corrected chi connectivity index (χ2v) is 20.2. The molecule has 0 saturated carbocycles. The van der Waals surface area contributed by atoms with Crippen molar-refractivity contribution in [1.82, 2.24) is 0 Å². The fourth-order valence-corrected chi connectivity index (χ4v) is 16.1. The van der Waals surface area contributed by atoms with Gasteiger partial charge in [-0.3, -0.25) is 0 Å². The Labute approximate surface area is 206 Å². The number of allylic oxidation sites excluding steroid dienone is 8. The van der Waals surface area contributed by atoms with Crippen LogP contribution in [-0.4, -0.2) is 3.71 Å². The van der Waals surface area contributed by atoms with E-state index in [4.69, 9.17) is 0 Å². The van der Waals surface area contributed by atoms with Crippen LogP contribution in [0.4, 0.5) is 0 Å². The summed E-state index contributed by atoms with van der Waals surface area (Å²) >= 11 is -2.82. The van der Waals surface area contributed by atoms with Gasteiger partial charge in [-0.2, -0.15) is 0 Å². The maximum atomic E-state index is 2.78. The first-order chi connectivity index (χ1) is 13.9. The van der Waals surface area contributed by atoms with Crippen LogP contribution in [0.2, 0.25) is 8.26 Å². The van der Waals surface area contributed by atoms with Crippen molar-refractivity contribution in [3.05, 3.63) is 79.7 Å². The third-order valence-electron chi connectivity index (χ3n) is 7.42. The summed E-state index contributed by atoms with van der Waals surface area (Å²) in [5, 5.41) is 0. The summed E-state index contributed by atoms with van der Waals surface area (Å²) in [4.78, 5) is 0. The van der Waals surface area contributed by atoms with Gasteiger partial charge < -0.3 is 0 Å². The first kappa shape index (κ1) is 26.8. The predicted octanol–water partition coefficient (Wildman–Crippen LogP) is 9.01. The van der Waals surface area contributed by atoms with Crippen molar-refractivity contribution in [2.24, 2.45) is 11.8 Å². The predicted molar refractivity (Wildman–Crippen MR) is 140 cm³/mol. The quantitative estimate of drug-likeness (QED) is 0.352. The van der Waals surface area contributed by atoms with Gasteiger partial charge in [0.15, 0.2) is 0 Å². The molecule has 0 fully saturated rings. The van der Waals surface area contributed by atoms with Crippen LogP contribution in [0, 0.1) is 11.8 Å². The molecule has 0 N–H and O–H groups in total. The number of rotatable bonds is 5. The van der Waals surface area contributed by atoms with E-state index >= 15 is 0 Å². The molecular weight excluding hydrogens is 498 g/mol. The minimum Gasteiger partial charge on any atom is -0.147 e. The van der Waals surface area contributed by atoms with Gasteiger partial charge in [-0.15, -0.1) is 24.8 Å². The van der Waals surface area contributed by atoms with E-state index in [0.717, 1.165) is 0 Å². The van der Waals surface area contributed by atoms with Crippen LogP contribution in [0.15, 0.2) is 74.1 Å². The van der Waals surface area contributed by atoms with Crippen LogP contribution in [-0.2, 0) is 19.8 Å². The fourth-order valence-electron chi connectivity index (χ4n) is 5.73. The number of halogens is 2. The Hall–Kier alpha value is -0.487. The Balaban J connectivity index is 0.00000171. The van der Waals surface area contributed by atoms with E-state index < -0.39 is 19.8 Å². The van der Waals surface area contributed by atoms with E-state index in [9.17, 15) is 0 Å². The zero-order chi connectivity index (χ0) is 20.6. The van der Waals surface area contributed by atoms with E-state index in [0.29, 0.717) is 15.5 Å². The van der Waals surface area contributed by atoms with Gasteiger partial charge >= 0.3 is 183 Å². The van der Waals surface area contributed by atoms with E-state index in [1.165, 1.54) is 37.7 Å². The molecule has 0 bridgehead atoms. The summed E-state index contributed by atoms with van der Waals surface area (Å²) in [7, 11) is 0. The Morgan fingerprint density at radius 2 is 1.61 bits per heavy atom. The van der Waals surface area contributed by atoms with E-state index in [-0.39, 0.29) is 24.8 Å². The van der Waals surface area contributed by atoms with Crippen molar-refractivity contribution < 1.29 is 19.8 Å².